The fraction of sp³-hybridized carbons (Fsp3) is 0.667. The Hall–Kier alpha value is -0.680. The second kappa shape index (κ2) is 3.34. The maximum atomic E-state index is 11.3. The lowest BCUT2D eigenvalue weighted by molar-refractivity contribution is -0.130. The van der Waals surface area contributed by atoms with Crippen molar-refractivity contribution in [3.63, 3.8) is 0 Å². The number of carbonyl (C=O) groups is 1. The summed E-state index contributed by atoms with van der Waals surface area (Å²) in [6.07, 6.45) is 0. The maximum absolute atomic E-state index is 11.3. The first kappa shape index (κ1) is 7.32. The number of hydroxylamine groups is 1. The Labute approximate surface area is 45.4 Å². The fourth-order valence-corrected chi connectivity index (χ4v) is 0.153. The van der Waals surface area contributed by atoms with Crippen LogP contribution >= 0.6 is 0 Å². The smallest absolute Gasteiger partial charge is 0.262 e. The third kappa shape index (κ3) is 1.85. The van der Waals surface area contributed by atoms with Crippen LogP contribution in [0, 0.1) is 0 Å². The number of halogens is 1. The lowest BCUT2D eigenvalue weighted by Gasteiger charge is -2.00. The molecular weight excluding hydrogens is 115 g/mol. The first-order valence-electron chi connectivity index (χ1n) is 1.98. The van der Waals surface area contributed by atoms with Crippen LogP contribution in [0.3, 0.4) is 0 Å². The minimum atomic E-state index is -1.25. The Morgan fingerprint density at radius 1 is 2.00 bits per heavy atom. The zero-order valence-corrected chi connectivity index (χ0v) is 4.10. The molecule has 5 heteroatoms. The second-order valence-corrected chi connectivity index (χ2v) is 1.24. The van der Waals surface area contributed by atoms with Gasteiger partial charge in [-0.1, -0.05) is 0 Å². The first-order chi connectivity index (χ1) is 3.72. The van der Waals surface area contributed by atoms with Crippen molar-refractivity contribution < 1.29 is 14.4 Å². The van der Waals surface area contributed by atoms with Gasteiger partial charge in [0, 0.05) is 0 Å². The van der Waals surface area contributed by atoms with Crippen molar-refractivity contribution in [3.8, 4) is 0 Å². The number of carbonyl (C=O) groups excluding carboxylic acids is 1. The van der Waals surface area contributed by atoms with E-state index in [1.54, 1.807) is 0 Å². The monoisotopic (exact) mass is 122 g/mol. The van der Waals surface area contributed by atoms with Gasteiger partial charge in [0.05, 0.1) is 0 Å². The van der Waals surface area contributed by atoms with E-state index in [0.29, 0.717) is 0 Å². The van der Waals surface area contributed by atoms with Crippen molar-refractivity contribution in [1.29, 1.82) is 0 Å². The molecule has 4 nitrogen and oxygen atoms in total. The number of hydrogen-bond donors (Lipinski definition) is 3. The summed E-state index contributed by atoms with van der Waals surface area (Å²) in [5.41, 5.74) is 5.99. The topological polar surface area (TPSA) is 75.4 Å². The van der Waals surface area contributed by atoms with Crippen LogP contribution in [-0.4, -0.2) is 23.8 Å². The predicted molar refractivity (Wildman–Crippen MR) is 23.9 cm³/mol. The van der Waals surface area contributed by atoms with Crippen molar-refractivity contribution in [2.24, 2.45) is 5.73 Å². The van der Waals surface area contributed by atoms with Gasteiger partial charge in [0.2, 0.25) is 0 Å². The Bertz CT molecular complexity index is 87.4. The van der Waals surface area contributed by atoms with E-state index in [0.717, 1.165) is 0 Å². The quantitative estimate of drug-likeness (QED) is 0.317. The molecule has 0 saturated heterocycles. The summed E-state index contributed by atoms with van der Waals surface area (Å²) in [5.74, 6) is -0.910. The summed E-state index contributed by atoms with van der Waals surface area (Å²) in [7, 11) is 0. The minimum absolute atomic E-state index is 0.910. The number of hydrogen-bond acceptors (Lipinski definition) is 3. The summed E-state index contributed by atoms with van der Waals surface area (Å²) < 4.78 is 11.3. The van der Waals surface area contributed by atoms with E-state index in [1.165, 1.54) is 5.48 Å². The molecule has 0 aliphatic heterocycles. The molecule has 0 aliphatic rings. The zero-order chi connectivity index (χ0) is 6.57. The van der Waals surface area contributed by atoms with Gasteiger partial charge in [-0.3, -0.25) is 10.0 Å². The van der Waals surface area contributed by atoms with Gasteiger partial charge in [-0.2, -0.15) is 0 Å². The van der Waals surface area contributed by atoms with Crippen molar-refractivity contribution in [1.82, 2.24) is 5.48 Å². The molecule has 0 heterocycles. The van der Waals surface area contributed by atoms with E-state index < -0.39 is 18.6 Å². The molecule has 1 atom stereocenters. The van der Waals surface area contributed by atoms with Crippen LogP contribution in [0.25, 0.3) is 0 Å². The van der Waals surface area contributed by atoms with E-state index in [4.69, 9.17) is 10.9 Å². The van der Waals surface area contributed by atoms with Gasteiger partial charge in [-0.15, -0.1) is 0 Å². The van der Waals surface area contributed by atoms with E-state index in [2.05, 4.69) is 0 Å². The molecule has 0 rings (SSSR count). The lowest BCUT2D eigenvalue weighted by atomic mass is 10.3. The van der Waals surface area contributed by atoms with Gasteiger partial charge in [0.25, 0.3) is 5.91 Å². The Morgan fingerprint density at radius 3 is 2.62 bits per heavy atom. The summed E-state index contributed by atoms with van der Waals surface area (Å²) >= 11 is 0. The highest BCUT2D eigenvalue weighted by molar-refractivity contribution is 5.80. The van der Waals surface area contributed by atoms with Crippen LogP contribution < -0.4 is 11.2 Å². The molecule has 0 aromatic carbocycles. The van der Waals surface area contributed by atoms with Crippen LogP contribution in [-0.2, 0) is 4.79 Å². The molecule has 48 valence electrons. The molecule has 8 heavy (non-hydrogen) atoms. The number of amides is 1. The number of nitrogens with one attached hydrogen (secondary N) is 1. The third-order valence-electron chi connectivity index (χ3n) is 0.613. The van der Waals surface area contributed by atoms with Gasteiger partial charge in [0.1, 0.15) is 12.7 Å². The highest BCUT2D eigenvalue weighted by Crippen LogP contribution is 1.76. The summed E-state index contributed by atoms with van der Waals surface area (Å²) in [6.45, 7) is -0.966. The van der Waals surface area contributed by atoms with Gasteiger partial charge in [0.15, 0.2) is 0 Å². The predicted octanol–water partition coefficient (Wildman–Crippen LogP) is -1.21. The molecule has 4 N–H and O–H groups in total. The normalized spacial score (nSPS) is 12.9. The number of alkyl halides is 1. The molecule has 0 saturated carbocycles. The van der Waals surface area contributed by atoms with Crippen molar-refractivity contribution in [3.05, 3.63) is 0 Å². The molecule has 0 spiro atoms. The Kier molecular flexibility index (Phi) is 3.05. The van der Waals surface area contributed by atoms with E-state index in [1.807, 2.05) is 0 Å². The van der Waals surface area contributed by atoms with Crippen molar-refractivity contribution in [2.45, 2.75) is 6.04 Å². The zero-order valence-electron chi connectivity index (χ0n) is 4.10. The van der Waals surface area contributed by atoms with Crippen LogP contribution in [0.2, 0.25) is 0 Å². The molecule has 0 aromatic heterocycles. The van der Waals surface area contributed by atoms with Gasteiger partial charge < -0.3 is 5.73 Å². The van der Waals surface area contributed by atoms with Crippen molar-refractivity contribution >= 4 is 5.91 Å². The molecule has 0 aliphatic carbocycles. The molecule has 0 fully saturated rings. The SMILES string of the molecule is NC(CF)C(=O)NO. The summed E-state index contributed by atoms with van der Waals surface area (Å²) in [4.78, 5) is 10.0. The molecule has 1 unspecified atom stereocenters. The number of rotatable bonds is 2. The molecule has 0 radical (unpaired) electrons. The standard InChI is InChI=1S/C3H7FN2O2/c4-1-2(5)3(7)6-8/h2,8H,1,5H2,(H,6,7). The van der Waals surface area contributed by atoms with Gasteiger partial charge >= 0.3 is 0 Å². The average Bonchev–Trinajstić information content (AvgIpc) is 1.84. The average molecular weight is 122 g/mol. The molecule has 1 amide bonds. The lowest BCUT2D eigenvalue weighted by Crippen LogP contribution is -2.40. The first-order valence-corrected chi connectivity index (χ1v) is 1.98. The Morgan fingerprint density at radius 2 is 2.50 bits per heavy atom. The highest BCUT2D eigenvalue weighted by atomic mass is 19.1. The molecular formula is C3H7FN2O2. The fourth-order valence-electron chi connectivity index (χ4n) is 0.153. The van der Waals surface area contributed by atoms with Gasteiger partial charge in [-0.05, 0) is 0 Å². The minimum Gasteiger partial charge on any atom is -0.318 e. The molecule has 0 aromatic rings. The van der Waals surface area contributed by atoms with E-state index in [9.17, 15) is 9.18 Å². The largest absolute Gasteiger partial charge is 0.318 e. The Balaban J connectivity index is 3.46. The van der Waals surface area contributed by atoms with Crippen LogP contribution in [0.1, 0.15) is 0 Å². The van der Waals surface area contributed by atoms with E-state index in [-0.39, 0.29) is 0 Å². The highest BCUT2D eigenvalue weighted by Gasteiger charge is 2.09. The van der Waals surface area contributed by atoms with Crippen LogP contribution in [0.5, 0.6) is 0 Å². The second-order valence-electron chi connectivity index (χ2n) is 1.24. The van der Waals surface area contributed by atoms with Crippen LogP contribution in [0.4, 0.5) is 4.39 Å². The summed E-state index contributed by atoms with van der Waals surface area (Å²) in [5, 5.41) is 7.79. The van der Waals surface area contributed by atoms with Crippen LogP contribution in [0.15, 0.2) is 0 Å². The third-order valence-corrected chi connectivity index (χ3v) is 0.613. The maximum Gasteiger partial charge on any atom is 0.262 e. The molecule has 0 bridgehead atoms. The number of nitrogens with two attached hydrogens (primary N) is 1. The van der Waals surface area contributed by atoms with E-state index >= 15 is 0 Å². The summed E-state index contributed by atoms with van der Waals surface area (Å²) in [6, 6.07) is -1.25. The van der Waals surface area contributed by atoms with Gasteiger partial charge in [-0.25, -0.2) is 9.87 Å². The van der Waals surface area contributed by atoms with Crippen molar-refractivity contribution in [2.75, 3.05) is 6.67 Å².